The fourth-order valence-corrected chi connectivity index (χ4v) is 4.43. The standard InChI is InChI=1S/C23H29FN6O/c1-22(2)10-17(11-23(3,4)30(22)5)27-20-18(24)12-26-21(29-20)28-16-8-6-7-15(9-16)19-13-25-14-31-19/h6-9,12-14,17H,10-11H2,1-5H3,(H2,26,27,28,29). The molecule has 1 aliphatic heterocycles. The second kappa shape index (κ2) is 7.92. The molecule has 31 heavy (non-hydrogen) atoms. The summed E-state index contributed by atoms with van der Waals surface area (Å²) in [6.45, 7) is 8.86. The van der Waals surface area contributed by atoms with Crippen molar-refractivity contribution < 1.29 is 8.81 Å². The maximum absolute atomic E-state index is 14.5. The van der Waals surface area contributed by atoms with Gasteiger partial charge in [-0.2, -0.15) is 4.98 Å². The van der Waals surface area contributed by atoms with Gasteiger partial charge in [0.2, 0.25) is 5.95 Å². The van der Waals surface area contributed by atoms with Crippen LogP contribution in [-0.4, -0.2) is 44.0 Å². The van der Waals surface area contributed by atoms with Crippen molar-refractivity contribution in [3.63, 3.8) is 0 Å². The maximum Gasteiger partial charge on any atom is 0.229 e. The molecule has 1 saturated heterocycles. The summed E-state index contributed by atoms with van der Waals surface area (Å²) < 4.78 is 19.9. The van der Waals surface area contributed by atoms with Gasteiger partial charge in [-0.3, -0.25) is 4.90 Å². The van der Waals surface area contributed by atoms with Crippen LogP contribution < -0.4 is 10.6 Å². The van der Waals surface area contributed by atoms with Gasteiger partial charge in [-0.15, -0.1) is 0 Å². The van der Waals surface area contributed by atoms with Gasteiger partial charge in [-0.25, -0.2) is 14.4 Å². The van der Waals surface area contributed by atoms with E-state index in [0.717, 1.165) is 24.1 Å². The van der Waals surface area contributed by atoms with Crippen molar-refractivity contribution in [1.29, 1.82) is 0 Å². The van der Waals surface area contributed by atoms with Gasteiger partial charge in [0.25, 0.3) is 0 Å². The van der Waals surface area contributed by atoms with E-state index in [2.05, 4.69) is 65.2 Å². The molecule has 164 valence electrons. The molecule has 4 rings (SSSR count). The Bertz CT molecular complexity index is 1030. The minimum Gasteiger partial charge on any atom is -0.444 e. The summed E-state index contributed by atoms with van der Waals surface area (Å²) in [6, 6.07) is 7.72. The van der Waals surface area contributed by atoms with Gasteiger partial charge in [-0.05, 0) is 59.7 Å². The normalized spacial score (nSPS) is 18.6. The fraction of sp³-hybridized carbons (Fsp3) is 0.435. The van der Waals surface area contributed by atoms with Crippen LogP contribution in [0.15, 0.2) is 47.5 Å². The molecule has 0 radical (unpaired) electrons. The Labute approximate surface area is 182 Å². The van der Waals surface area contributed by atoms with Gasteiger partial charge >= 0.3 is 0 Å². The van der Waals surface area contributed by atoms with E-state index in [9.17, 15) is 4.39 Å². The number of hydrogen-bond donors (Lipinski definition) is 2. The summed E-state index contributed by atoms with van der Waals surface area (Å²) in [4.78, 5) is 14.9. The zero-order chi connectivity index (χ0) is 22.2. The highest BCUT2D eigenvalue weighted by Gasteiger charge is 2.43. The summed E-state index contributed by atoms with van der Waals surface area (Å²) in [7, 11) is 2.15. The molecule has 0 aliphatic carbocycles. The summed E-state index contributed by atoms with van der Waals surface area (Å²) >= 11 is 0. The molecular formula is C23H29FN6O. The lowest BCUT2D eigenvalue weighted by Gasteiger charge is -2.53. The smallest absolute Gasteiger partial charge is 0.229 e. The highest BCUT2D eigenvalue weighted by atomic mass is 19.1. The Hall–Kier alpha value is -3.00. The Morgan fingerprint density at radius 3 is 2.55 bits per heavy atom. The molecule has 0 spiro atoms. The van der Waals surface area contributed by atoms with E-state index in [1.807, 2.05) is 24.3 Å². The second-order valence-corrected chi connectivity index (χ2v) is 9.40. The predicted molar refractivity (Wildman–Crippen MR) is 120 cm³/mol. The second-order valence-electron chi connectivity index (χ2n) is 9.40. The van der Waals surface area contributed by atoms with Crippen molar-refractivity contribution in [2.24, 2.45) is 0 Å². The molecule has 3 aromatic rings. The monoisotopic (exact) mass is 424 g/mol. The van der Waals surface area contributed by atoms with Gasteiger partial charge in [0, 0.05) is 28.4 Å². The third kappa shape index (κ3) is 4.54. The van der Waals surface area contributed by atoms with Crippen molar-refractivity contribution in [1.82, 2.24) is 19.9 Å². The summed E-state index contributed by atoms with van der Waals surface area (Å²) in [6.07, 6.45) is 6.02. The van der Waals surface area contributed by atoms with Crippen molar-refractivity contribution in [2.75, 3.05) is 17.7 Å². The van der Waals surface area contributed by atoms with E-state index in [4.69, 9.17) is 4.42 Å². The Kier molecular flexibility index (Phi) is 5.43. The zero-order valence-corrected chi connectivity index (χ0v) is 18.6. The number of rotatable bonds is 5. The summed E-state index contributed by atoms with van der Waals surface area (Å²) in [5.74, 6) is 0.740. The molecule has 2 aromatic heterocycles. The van der Waals surface area contributed by atoms with Crippen LogP contribution in [0, 0.1) is 5.82 Å². The van der Waals surface area contributed by atoms with E-state index in [0.29, 0.717) is 11.7 Å². The van der Waals surface area contributed by atoms with Crippen LogP contribution in [0.5, 0.6) is 0 Å². The van der Waals surface area contributed by atoms with Gasteiger partial charge in [0.05, 0.1) is 12.4 Å². The number of nitrogens with one attached hydrogen (secondary N) is 2. The number of oxazole rings is 1. The predicted octanol–water partition coefficient (Wildman–Crippen LogP) is 5.08. The lowest BCUT2D eigenvalue weighted by Crippen LogP contribution is -2.61. The third-order valence-electron chi connectivity index (χ3n) is 6.23. The lowest BCUT2D eigenvalue weighted by molar-refractivity contribution is -0.00778. The average molecular weight is 425 g/mol. The Balaban J connectivity index is 1.52. The number of piperidine rings is 1. The first-order valence-electron chi connectivity index (χ1n) is 10.4. The van der Waals surface area contributed by atoms with E-state index < -0.39 is 5.82 Å². The van der Waals surface area contributed by atoms with Crippen LogP contribution >= 0.6 is 0 Å². The summed E-state index contributed by atoms with van der Waals surface area (Å²) in [5, 5.41) is 6.48. The minimum atomic E-state index is -0.462. The Morgan fingerprint density at radius 2 is 1.87 bits per heavy atom. The van der Waals surface area contributed by atoms with E-state index in [1.54, 1.807) is 6.20 Å². The molecule has 8 heteroatoms. The van der Waals surface area contributed by atoms with Gasteiger partial charge < -0.3 is 15.1 Å². The van der Waals surface area contributed by atoms with Gasteiger partial charge in [0.15, 0.2) is 23.8 Å². The zero-order valence-electron chi connectivity index (χ0n) is 18.6. The maximum atomic E-state index is 14.5. The molecular weight excluding hydrogens is 395 g/mol. The van der Waals surface area contributed by atoms with Crippen molar-refractivity contribution in [3.8, 4) is 11.3 Å². The van der Waals surface area contributed by atoms with Crippen LogP contribution in [0.1, 0.15) is 40.5 Å². The number of nitrogens with zero attached hydrogens (tertiary/aromatic N) is 4. The minimum absolute atomic E-state index is 0.00878. The van der Waals surface area contributed by atoms with E-state index in [1.165, 1.54) is 12.6 Å². The average Bonchev–Trinajstić information content (AvgIpc) is 3.23. The highest BCUT2D eigenvalue weighted by Crippen LogP contribution is 2.38. The lowest BCUT2D eigenvalue weighted by atomic mass is 9.77. The SMILES string of the molecule is CN1C(C)(C)CC(Nc2nc(Nc3cccc(-c4cnco4)c3)ncc2F)CC1(C)C. The van der Waals surface area contributed by atoms with Crippen LogP contribution in [0.2, 0.25) is 0 Å². The molecule has 1 aliphatic rings. The molecule has 1 aromatic carbocycles. The van der Waals surface area contributed by atoms with Crippen molar-refractivity contribution >= 4 is 17.5 Å². The van der Waals surface area contributed by atoms with Crippen LogP contribution in [0.3, 0.4) is 0 Å². The first kappa shape index (κ1) is 21.2. The summed E-state index contributed by atoms with van der Waals surface area (Å²) in [5.41, 5.74) is 1.63. The van der Waals surface area contributed by atoms with Crippen LogP contribution in [-0.2, 0) is 0 Å². The Morgan fingerprint density at radius 1 is 1.13 bits per heavy atom. The number of aromatic nitrogens is 3. The number of anilines is 3. The van der Waals surface area contributed by atoms with Crippen molar-refractivity contribution in [2.45, 2.75) is 57.7 Å². The first-order chi connectivity index (χ1) is 14.6. The quantitative estimate of drug-likeness (QED) is 0.591. The van der Waals surface area contributed by atoms with Crippen molar-refractivity contribution in [3.05, 3.63) is 48.9 Å². The third-order valence-corrected chi connectivity index (χ3v) is 6.23. The van der Waals surface area contributed by atoms with Crippen LogP contribution in [0.4, 0.5) is 21.8 Å². The molecule has 1 fully saturated rings. The number of benzene rings is 1. The first-order valence-corrected chi connectivity index (χ1v) is 10.4. The largest absolute Gasteiger partial charge is 0.444 e. The highest BCUT2D eigenvalue weighted by molar-refractivity contribution is 5.66. The number of hydrogen-bond acceptors (Lipinski definition) is 7. The van der Waals surface area contributed by atoms with E-state index in [-0.39, 0.29) is 22.9 Å². The molecule has 7 nitrogen and oxygen atoms in total. The molecule has 2 N–H and O–H groups in total. The fourth-order valence-electron chi connectivity index (χ4n) is 4.43. The van der Waals surface area contributed by atoms with Gasteiger partial charge in [-0.1, -0.05) is 12.1 Å². The molecule has 0 bridgehead atoms. The van der Waals surface area contributed by atoms with Crippen LogP contribution in [0.25, 0.3) is 11.3 Å². The molecule has 0 atom stereocenters. The molecule has 0 unspecified atom stereocenters. The topological polar surface area (TPSA) is 79.1 Å². The van der Waals surface area contributed by atoms with E-state index >= 15 is 0 Å². The number of halogens is 1. The number of likely N-dealkylation sites (tertiary alicyclic amines) is 1. The molecule has 0 saturated carbocycles. The molecule has 3 heterocycles. The van der Waals surface area contributed by atoms with Gasteiger partial charge in [0.1, 0.15) is 0 Å². The molecule has 0 amide bonds.